The van der Waals surface area contributed by atoms with Crippen LogP contribution in [0.2, 0.25) is 97.3 Å². The minimum atomic E-state index is -1.01. The van der Waals surface area contributed by atoms with Gasteiger partial charge in [-0.25, -0.2) is 0 Å². The van der Waals surface area contributed by atoms with E-state index in [9.17, 15) is 0 Å². The first-order chi connectivity index (χ1) is 12.8. The lowest BCUT2D eigenvalue weighted by Gasteiger charge is -2.40. The largest absolute Gasteiger partial charge is 0.332 e. The lowest BCUT2D eigenvalue weighted by molar-refractivity contribution is 0.604. The van der Waals surface area contributed by atoms with E-state index in [0.717, 1.165) is 0 Å². The van der Waals surface area contributed by atoms with E-state index in [4.69, 9.17) is 0 Å². The van der Waals surface area contributed by atoms with E-state index in [1.54, 1.807) is 5.67 Å². The normalized spacial score (nSPS) is 14.5. The molecule has 0 aliphatic carbocycles. The van der Waals surface area contributed by atoms with Gasteiger partial charge in [-0.1, -0.05) is 97.3 Å². The van der Waals surface area contributed by atoms with Crippen molar-refractivity contribution in [3.63, 3.8) is 0 Å². The van der Waals surface area contributed by atoms with E-state index in [1.165, 1.54) is 6.17 Å². The molecule has 1 atom stereocenters. The third-order valence-corrected chi connectivity index (χ3v) is 37.4. The highest BCUT2D eigenvalue weighted by molar-refractivity contribution is 7.39. The molecular weight excluding hydrogens is 463 g/mol. The molecule has 0 aromatic rings. The number of rotatable bonds is 8. The molecule has 1 unspecified atom stereocenters. The third-order valence-electron chi connectivity index (χ3n) is 6.35. The summed E-state index contributed by atoms with van der Waals surface area (Å²) in [5.41, 5.74) is 1.54. The van der Waals surface area contributed by atoms with Gasteiger partial charge in [0, 0.05) is 8.07 Å². The average molecular weight is 526 g/mol. The molecule has 9 heteroatoms. The zero-order valence-electron chi connectivity index (χ0n) is 24.9. The monoisotopic (exact) mass is 525 g/mol. The van der Waals surface area contributed by atoms with Crippen LogP contribution in [0.3, 0.4) is 0 Å². The second-order valence-electron chi connectivity index (χ2n) is 13.9. The van der Waals surface area contributed by atoms with Crippen LogP contribution >= 0.6 is 0 Å². The van der Waals surface area contributed by atoms with Crippen LogP contribution in [0, 0.1) is 0 Å². The Morgan fingerprint density at radius 1 is 0.600 bits per heavy atom. The van der Waals surface area contributed by atoms with Crippen molar-refractivity contribution in [3.05, 3.63) is 0 Å². The Morgan fingerprint density at radius 3 is 1.03 bits per heavy atom. The zero-order chi connectivity index (χ0) is 25.3. The van der Waals surface area contributed by atoms with Gasteiger partial charge in [-0.2, -0.15) is 0 Å². The number of hydrogen-bond acceptors (Lipinski definition) is 3. The Balaban J connectivity index is -0.000000364. The van der Waals surface area contributed by atoms with Crippen LogP contribution in [0.25, 0.3) is 0 Å². The third kappa shape index (κ3) is 19.8. The van der Waals surface area contributed by atoms with Gasteiger partial charge in [0.15, 0.2) is 0 Å². The van der Waals surface area contributed by atoms with Crippen LogP contribution in [0.4, 0.5) is 0 Å². The maximum Gasteiger partial charge on any atom is 0.111 e. The van der Waals surface area contributed by atoms with Crippen molar-refractivity contribution < 1.29 is 0 Å². The molecule has 0 spiro atoms. The lowest BCUT2D eigenvalue weighted by atomic mass is 11.2. The van der Waals surface area contributed by atoms with Crippen molar-refractivity contribution in [1.82, 2.24) is 13.7 Å². The summed E-state index contributed by atoms with van der Waals surface area (Å²) in [4.78, 5) is 0. The molecule has 0 aliphatic heterocycles. The second-order valence-corrected chi connectivity index (χ2v) is 48.5. The summed E-state index contributed by atoms with van der Waals surface area (Å²) < 4.78 is 7.49. The highest BCUT2D eigenvalue weighted by Crippen LogP contribution is 2.19. The molecular formula is C21H63N3Si6. The molecule has 0 rings (SSSR count). The first kappa shape index (κ1) is 35.8. The molecule has 0 saturated heterocycles. The van der Waals surface area contributed by atoms with Gasteiger partial charge in [-0.15, -0.1) is 0 Å². The Kier molecular flexibility index (Phi) is 17.2. The van der Waals surface area contributed by atoms with Gasteiger partial charge in [-0.05, 0) is 41.4 Å². The van der Waals surface area contributed by atoms with Gasteiger partial charge in [0.25, 0.3) is 0 Å². The molecule has 0 N–H and O–H groups in total. The first-order valence-electron chi connectivity index (χ1n) is 11.9. The minimum absolute atomic E-state index is 0.496. The SMILES string of the molecule is CN(C)[SiH](C)C[Si](C)(C)C.CN(C)[Si](C)(C)[Si](C)(C)C.CN(C[Si](C)(C)C)[SiH](C)C. The van der Waals surface area contributed by atoms with Crippen molar-refractivity contribution in [3.8, 4) is 0 Å². The fourth-order valence-electron chi connectivity index (χ4n) is 2.67. The first-order valence-corrected chi connectivity index (χ1v) is 32.1. The Labute approximate surface area is 201 Å². The number of hydrogen-bond donors (Lipinski definition) is 0. The summed E-state index contributed by atoms with van der Waals surface area (Å²) >= 11 is 0. The average Bonchev–Trinajstić information content (AvgIpc) is 2.43. The molecule has 0 aromatic heterocycles. The van der Waals surface area contributed by atoms with E-state index in [-0.39, 0.29) is 0 Å². The Bertz CT molecular complexity index is 409. The maximum atomic E-state index is 2.58. The molecule has 0 amide bonds. The fourth-order valence-corrected chi connectivity index (χ4v) is 21.2. The predicted molar refractivity (Wildman–Crippen MR) is 164 cm³/mol. The standard InChI is InChI=1S/3C7H21NSi2/c1-8(9(2)3)7-10(4,5)6;1-8(2)9(3)7-10(4,5)6;1-8(2)10(6,7)9(3,4)5/h2*9H,7H2,1-6H3;1-7H3. The summed E-state index contributed by atoms with van der Waals surface area (Å²) in [6.45, 7) is 34.2. The Morgan fingerprint density at radius 2 is 0.967 bits per heavy atom. The summed E-state index contributed by atoms with van der Waals surface area (Å²) in [5, 5.41) is 0. The van der Waals surface area contributed by atoms with Gasteiger partial charge in [0.1, 0.15) is 25.7 Å². The fraction of sp³-hybridized carbons (Fsp3) is 1.00. The van der Waals surface area contributed by atoms with E-state index in [2.05, 4.69) is 141 Å². The van der Waals surface area contributed by atoms with Crippen LogP contribution in [0.15, 0.2) is 0 Å². The topological polar surface area (TPSA) is 9.72 Å². The summed E-state index contributed by atoms with van der Waals surface area (Å²) in [7, 11) is 6.68. The van der Waals surface area contributed by atoms with E-state index in [1.807, 2.05) is 0 Å². The molecule has 30 heavy (non-hydrogen) atoms. The highest BCUT2D eigenvalue weighted by Gasteiger charge is 2.38. The maximum absolute atomic E-state index is 2.58. The van der Waals surface area contributed by atoms with Crippen molar-refractivity contribution in [1.29, 1.82) is 0 Å². The predicted octanol–water partition coefficient (Wildman–Crippen LogP) is 5.73. The summed E-state index contributed by atoms with van der Waals surface area (Å²) in [6, 6.07) is 0. The van der Waals surface area contributed by atoms with Crippen LogP contribution in [0.5, 0.6) is 0 Å². The number of nitrogens with zero attached hydrogens (tertiary/aromatic N) is 3. The minimum Gasteiger partial charge on any atom is -0.332 e. The van der Waals surface area contributed by atoms with Gasteiger partial charge < -0.3 is 13.7 Å². The van der Waals surface area contributed by atoms with Crippen molar-refractivity contribution in [2.45, 2.75) is 97.3 Å². The van der Waals surface area contributed by atoms with Crippen molar-refractivity contribution in [2.75, 3.05) is 41.4 Å². The molecule has 0 bridgehead atoms. The summed E-state index contributed by atoms with van der Waals surface area (Å²) in [6.07, 6.45) is 1.37. The molecule has 186 valence electrons. The van der Waals surface area contributed by atoms with Crippen LogP contribution in [0.1, 0.15) is 0 Å². The van der Waals surface area contributed by atoms with Crippen LogP contribution < -0.4 is 0 Å². The van der Waals surface area contributed by atoms with E-state index in [0.29, 0.717) is 0 Å². The summed E-state index contributed by atoms with van der Waals surface area (Å²) in [5.74, 6) is 0. The van der Waals surface area contributed by atoms with Crippen molar-refractivity contribution in [2.24, 2.45) is 0 Å². The van der Waals surface area contributed by atoms with Gasteiger partial charge in [-0.3, -0.25) is 0 Å². The van der Waals surface area contributed by atoms with Gasteiger partial charge in [0.05, 0.1) is 15.7 Å². The Hall–Kier alpha value is 1.18. The van der Waals surface area contributed by atoms with Gasteiger partial charge >= 0.3 is 0 Å². The molecule has 0 heterocycles. The molecule has 0 saturated carbocycles. The van der Waals surface area contributed by atoms with E-state index < -0.39 is 49.4 Å². The van der Waals surface area contributed by atoms with Crippen LogP contribution in [-0.4, -0.2) is 105 Å². The van der Waals surface area contributed by atoms with E-state index >= 15 is 0 Å². The van der Waals surface area contributed by atoms with Gasteiger partial charge in [0.2, 0.25) is 0 Å². The quantitative estimate of drug-likeness (QED) is 0.375. The lowest BCUT2D eigenvalue weighted by Crippen LogP contribution is -2.62. The molecule has 0 aliphatic rings. The zero-order valence-corrected chi connectivity index (χ0v) is 31.2. The molecule has 0 aromatic carbocycles. The van der Waals surface area contributed by atoms with Crippen molar-refractivity contribution >= 4 is 49.4 Å². The molecule has 0 fully saturated rings. The molecule has 0 radical (unpaired) electrons. The second kappa shape index (κ2) is 14.4. The molecule has 3 nitrogen and oxygen atoms in total. The highest BCUT2D eigenvalue weighted by atomic mass is 29.3. The smallest absolute Gasteiger partial charge is 0.111 e. The van der Waals surface area contributed by atoms with Crippen LogP contribution in [-0.2, 0) is 0 Å².